The molecule has 0 unspecified atom stereocenters. The Bertz CT molecular complexity index is 830. The minimum Gasteiger partial charge on any atom is -0.444 e. The smallest absolute Gasteiger partial charge is 0.407 e. The molecule has 2 N–H and O–H groups in total. The summed E-state index contributed by atoms with van der Waals surface area (Å²) in [6, 6.07) is 19.3. The van der Waals surface area contributed by atoms with Gasteiger partial charge >= 0.3 is 6.09 Å². The Labute approximate surface area is 192 Å². The second kappa shape index (κ2) is 12.4. The highest BCUT2D eigenvalue weighted by molar-refractivity contribution is 5.68. The van der Waals surface area contributed by atoms with Crippen LogP contribution in [0.2, 0.25) is 0 Å². The molecular formula is C27H37NO4. The highest BCUT2D eigenvalue weighted by Crippen LogP contribution is 2.19. The Morgan fingerprint density at radius 1 is 1.03 bits per heavy atom. The van der Waals surface area contributed by atoms with Crippen LogP contribution in [-0.4, -0.2) is 35.6 Å². The normalized spacial score (nSPS) is 14.3. The van der Waals surface area contributed by atoms with Gasteiger partial charge in [0.2, 0.25) is 0 Å². The molecule has 0 heterocycles. The number of carbonyl (C=O) groups is 1. The Balaban J connectivity index is 1.93. The largest absolute Gasteiger partial charge is 0.444 e. The summed E-state index contributed by atoms with van der Waals surface area (Å²) < 4.78 is 11.2. The van der Waals surface area contributed by atoms with E-state index in [1.807, 2.05) is 88.4 Å². The highest BCUT2D eigenvalue weighted by atomic mass is 16.6. The lowest BCUT2D eigenvalue weighted by atomic mass is 9.92. The first-order valence-electron chi connectivity index (χ1n) is 11.1. The lowest BCUT2D eigenvalue weighted by molar-refractivity contribution is 0.0416. The highest BCUT2D eigenvalue weighted by Gasteiger charge is 2.26. The van der Waals surface area contributed by atoms with Crippen LogP contribution in [0, 0.1) is 5.92 Å². The molecule has 2 aromatic carbocycles. The van der Waals surface area contributed by atoms with Crippen LogP contribution in [0.3, 0.4) is 0 Å². The first kappa shape index (κ1) is 25.6. The summed E-state index contributed by atoms with van der Waals surface area (Å²) in [4.78, 5) is 12.4. The number of hydrogen-bond acceptors (Lipinski definition) is 4. The fourth-order valence-electron chi connectivity index (χ4n) is 3.27. The second-order valence-electron chi connectivity index (χ2n) is 9.27. The Hall–Kier alpha value is -2.63. The van der Waals surface area contributed by atoms with Gasteiger partial charge in [-0.2, -0.15) is 0 Å². The molecule has 2 aromatic rings. The molecule has 0 saturated heterocycles. The fourth-order valence-corrected chi connectivity index (χ4v) is 3.27. The van der Waals surface area contributed by atoms with Crippen molar-refractivity contribution < 1.29 is 19.4 Å². The van der Waals surface area contributed by atoms with Gasteiger partial charge in [0.15, 0.2) is 0 Å². The SMILES string of the molecule is C=C(C[C@H](O)[C@H](Cc1ccccc1)NC(=O)OC(C)(C)C)[C@@H](C)COCc1ccccc1. The van der Waals surface area contributed by atoms with E-state index in [9.17, 15) is 9.90 Å². The average Bonchev–Trinajstić information content (AvgIpc) is 2.73. The Kier molecular flexibility index (Phi) is 9.95. The summed E-state index contributed by atoms with van der Waals surface area (Å²) in [6.45, 7) is 12.7. The van der Waals surface area contributed by atoms with Crippen molar-refractivity contribution in [3.05, 3.63) is 83.9 Å². The van der Waals surface area contributed by atoms with Gasteiger partial charge < -0.3 is 19.9 Å². The molecule has 0 saturated carbocycles. The van der Waals surface area contributed by atoms with E-state index < -0.39 is 23.8 Å². The van der Waals surface area contributed by atoms with E-state index in [-0.39, 0.29) is 5.92 Å². The molecule has 0 aliphatic heterocycles. The van der Waals surface area contributed by atoms with E-state index in [1.54, 1.807) is 0 Å². The number of alkyl carbamates (subject to hydrolysis) is 1. The molecule has 0 spiro atoms. The molecule has 2 rings (SSSR count). The quantitative estimate of drug-likeness (QED) is 0.467. The van der Waals surface area contributed by atoms with Crippen molar-refractivity contribution in [2.45, 2.75) is 64.9 Å². The maximum atomic E-state index is 12.4. The van der Waals surface area contributed by atoms with Crippen molar-refractivity contribution in [3.8, 4) is 0 Å². The average molecular weight is 440 g/mol. The van der Waals surface area contributed by atoms with Crippen LogP contribution >= 0.6 is 0 Å². The summed E-state index contributed by atoms with van der Waals surface area (Å²) in [5.74, 6) is 0.0762. The van der Waals surface area contributed by atoms with Gasteiger partial charge in [0, 0.05) is 5.92 Å². The van der Waals surface area contributed by atoms with Crippen LogP contribution in [0.25, 0.3) is 0 Å². The molecular weight excluding hydrogens is 402 g/mol. The lowest BCUT2D eigenvalue weighted by Crippen LogP contribution is -2.47. The molecule has 5 heteroatoms. The van der Waals surface area contributed by atoms with E-state index in [0.717, 1.165) is 16.7 Å². The second-order valence-corrected chi connectivity index (χ2v) is 9.27. The molecule has 3 atom stereocenters. The number of ether oxygens (including phenoxy) is 2. The van der Waals surface area contributed by atoms with Gasteiger partial charge in [0.25, 0.3) is 0 Å². The van der Waals surface area contributed by atoms with Crippen LogP contribution in [0.4, 0.5) is 4.79 Å². The third-order valence-corrected chi connectivity index (χ3v) is 5.11. The van der Waals surface area contributed by atoms with E-state index in [0.29, 0.717) is 26.1 Å². The zero-order valence-electron chi connectivity index (χ0n) is 19.7. The third-order valence-electron chi connectivity index (χ3n) is 5.11. The van der Waals surface area contributed by atoms with Crippen LogP contribution in [0.15, 0.2) is 72.8 Å². The van der Waals surface area contributed by atoms with Gasteiger partial charge in [0.1, 0.15) is 5.60 Å². The summed E-state index contributed by atoms with van der Waals surface area (Å²) in [7, 11) is 0. The van der Waals surface area contributed by atoms with Crippen molar-refractivity contribution in [1.82, 2.24) is 5.32 Å². The summed E-state index contributed by atoms with van der Waals surface area (Å²) in [5.41, 5.74) is 2.42. The number of rotatable bonds is 11. The van der Waals surface area contributed by atoms with Crippen molar-refractivity contribution in [2.24, 2.45) is 5.92 Å². The molecule has 0 fully saturated rings. The number of aliphatic hydroxyl groups is 1. The molecule has 0 aliphatic carbocycles. The Morgan fingerprint density at radius 3 is 2.16 bits per heavy atom. The number of nitrogens with one attached hydrogen (secondary N) is 1. The number of hydrogen-bond donors (Lipinski definition) is 2. The fraction of sp³-hybridized carbons (Fsp3) is 0.444. The number of aliphatic hydroxyl groups excluding tert-OH is 1. The van der Waals surface area contributed by atoms with Gasteiger partial charge in [-0.3, -0.25) is 0 Å². The molecule has 5 nitrogen and oxygen atoms in total. The molecule has 174 valence electrons. The maximum Gasteiger partial charge on any atom is 0.407 e. The van der Waals surface area contributed by atoms with Gasteiger partial charge in [-0.05, 0) is 44.7 Å². The lowest BCUT2D eigenvalue weighted by Gasteiger charge is -2.28. The van der Waals surface area contributed by atoms with Crippen LogP contribution in [0.5, 0.6) is 0 Å². The molecule has 1 amide bonds. The van der Waals surface area contributed by atoms with Crippen LogP contribution < -0.4 is 5.32 Å². The molecule has 32 heavy (non-hydrogen) atoms. The minimum atomic E-state index is -0.799. The first-order valence-corrected chi connectivity index (χ1v) is 11.1. The van der Waals surface area contributed by atoms with Crippen LogP contribution in [0.1, 0.15) is 45.2 Å². The van der Waals surface area contributed by atoms with E-state index >= 15 is 0 Å². The molecule has 0 radical (unpaired) electrons. The van der Waals surface area contributed by atoms with E-state index in [1.165, 1.54) is 0 Å². The maximum absolute atomic E-state index is 12.4. The van der Waals surface area contributed by atoms with Crippen molar-refractivity contribution in [1.29, 1.82) is 0 Å². The van der Waals surface area contributed by atoms with E-state index in [4.69, 9.17) is 9.47 Å². The first-order chi connectivity index (χ1) is 15.1. The molecule has 0 aliphatic rings. The number of benzene rings is 2. The topological polar surface area (TPSA) is 67.8 Å². The molecule has 0 bridgehead atoms. The van der Waals surface area contributed by atoms with Gasteiger partial charge in [0.05, 0.1) is 25.4 Å². The molecule has 0 aromatic heterocycles. The van der Waals surface area contributed by atoms with E-state index in [2.05, 4.69) is 11.9 Å². The van der Waals surface area contributed by atoms with Crippen LogP contribution in [-0.2, 0) is 22.5 Å². The van der Waals surface area contributed by atoms with Crippen molar-refractivity contribution >= 4 is 6.09 Å². The number of carbonyl (C=O) groups excluding carboxylic acids is 1. The predicted octanol–water partition coefficient (Wildman–Crippen LogP) is 5.28. The zero-order chi connectivity index (χ0) is 23.6. The van der Waals surface area contributed by atoms with Crippen molar-refractivity contribution in [2.75, 3.05) is 6.61 Å². The van der Waals surface area contributed by atoms with Gasteiger partial charge in [-0.1, -0.05) is 79.7 Å². The summed E-state index contributed by atoms with van der Waals surface area (Å²) in [6.07, 6.45) is -0.481. The summed E-state index contributed by atoms with van der Waals surface area (Å²) in [5, 5.41) is 13.8. The zero-order valence-corrected chi connectivity index (χ0v) is 19.7. The number of amides is 1. The predicted molar refractivity (Wildman–Crippen MR) is 128 cm³/mol. The monoisotopic (exact) mass is 439 g/mol. The standard InChI is InChI=1S/C27H37NO4/c1-20(21(2)18-31-19-23-14-10-7-11-15-23)16-25(29)24(17-22-12-8-6-9-13-22)28-26(30)32-27(3,4)5/h6-15,21,24-25,29H,1,16-19H2,2-5H3,(H,28,30)/t21-,24-,25-/m0/s1. The van der Waals surface area contributed by atoms with Gasteiger partial charge in [-0.15, -0.1) is 0 Å². The summed E-state index contributed by atoms with van der Waals surface area (Å²) >= 11 is 0. The Morgan fingerprint density at radius 2 is 1.59 bits per heavy atom. The van der Waals surface area contributed by atoms with Gasteiger partial charge in [-0.25, -0.2) is 4.79 Å². The van der Waals surface area contributed by atoms with Crippen molar-refractivity contribution in [3.63, 3.8) is 0 Å². The third kappa shape index (κ3) is 9.67. The minimum absolute atomic E-state index is 0.0762.